The van der Waals surface area contributed by atoms with Crippen LogP contribution in [0.15, 0.2) is 29.1 Å². The Morgan fingerprint density at radius 2 is 1.57 bits per heavy atom. The zero-order chi connectivity index (χ0) is 16.0. The molecule has 0 bridgehead atoms. The van der Waals surface area contributed by atoms with E-state index in [1.807, 2.05) is 0 Å². The molecule has 2 rings (SSSR count). The van der Waals surface area contributed by atoms with E-state index in [2.05, 4.69) is 0 Å². The Kier molecular flexibility index (Phi) is 3.38. The molecular formula is C12H8F6N2O. The van der Waals surface area contributed by atoms with Gasteiger partial charge in [-0.25, -0.2) is 4.68 Å². The van der Waals surface area contributed by atoms with Gasteiger partial charge in [-0.1, -0.05) is 12.1 Å². The Balaban J connectivity index is 2.73. The van der Waals surface area contributed by atoms with E-state index in [1.54, 1.807) is 5.10 Å². The summed E-state index contributed by atoms with van der Waals surface area (Å²) in [6.45, 7) is 0.897. The van der Waals surface area contributed by atoms with Gasteiger partial charge in [-0.05, 0) is 19.1 Å². The number of alkyl halides is 6. The summed E-state index contributed by atoms with van der Waals surface area (Å²) in [5, 5.41) is 1.70. The zero-order valence-electron chi connectivity index (χ0n) is 10.4. The van der Waals surface area contributed by atoms with E-state index < -0.39 is 40.4 Å². The van der Waals surface area contributed by atoms with Gasteiger partial charge in [0.05, 0.1) is 11.3 Å². The second-order valence-electron chi connectivity index (χ2n) is 4.27. The monoisotopic (exact) mass is 310 g/mol. The number of hydrogen-bond donors (Lipinski definition) is 1. The minimum Gasteiger partial charge on any atom is -0.286 e. The van der Waals surface area contributed by atoms with Crippen LogP contribution in [0.25, 0.3) is 5.69 Å². The fourth-order valence-electron chi connectivity index (χ4n) is 1.88. The van der Waals surface area contributed by atoms with Gasteiger partial charge in [0.1, 0.15) is 5.69 Å². The lowest BCUT2D eigenvalue weighted by Gasteiger charge is -2.12. The van der Waals surface area contributed by atoms with Gasteiger partial charge in [0, 0.05) is 5.56 Å². The largest absolute Gasteiger partial charge is 0.433 e. The molecule has 0 saturated heterocycles. The van der Waals surface area contributed by atoms with Crippen LogP contribution in [0.3, 0.4) is 0 Å². The maximum Gasteiger partial charge on any atom is 0.433 e. The molecule has 21 heavy (non-hydrogen) atoms. The van der Waals surface area contributed by atoms with Crippen molar-refractivity contribution >= 4 is 0 Å². The molecule has 0 aliphatic rings. The van der Waals surface area contributed by atoms with Crippen molar-refractivity contribution in [3.05, 3.63) is 51.4 Å². The molecule has 114 valence electrons. The van der Waals surface area contributed by atoms with E-state index in [0.29, 0.717) is 6.07 Å². The lowest BCUT2D eigenvalue weighted by molar-refractivity contribution is -0.141. The lowest BCUT2D eigenvalue weighted by atomic mass is 10.1. The average Bonchev–Trinajstić information content (AvgIpc) is 2.65. The molecule has 0 spiro atoms. The number of hydrogen-bond acceptors (Lipinski definition) is 1. The van der Waals surface area contributed by atoms with Crippen LogP contribution < -0.4 is 5.56 Å². The quantitative estimate of drug-likeness (QED) is 0.804. The van der Waals surface area contributed by atoms with Gasteiger partial charge in [0.2, 0.25) is 0 Å². The number of H-pyrrole nitrogens is 1. The summed E-state index contributed by atoms with van der Waals surface area (Å²) in [4.78, 5) is 11.8. The molecule has 0 saturated carbocycles. The summed E-state index contributed by atoms with van der Waals surface area (Å²) in [6.07, 6.45) is -9.66. The maximum absolute atomic E-state index is 12.9. The number of aromatic nitrogens is 2. The second kappa shape index (κ2) is 4.68. The summed E-state index contributed by atoms with van der Waals surface area (Å²) in [5.74, 6) is 0. The van der Waals surface area contributed by atoms with E-state index in [4.69, 9.17) is 0 Å². The van der Waals surface area contributed by atoms with Crippen LogP contribution in [-0.4, -0.2) is 9.78 Å². The SMILES string of the molecule is Cc1c(C(F)(F)F)[nH]n(-c2ccccc2C(F)(F)F)c1=O. The Morgan fingerprint density at radius 3 is 2.05 bits per heavy atom. The van der Waals surface area contributed by atoms with Gasteiger partial charge in [-0.15, -0.1) is 0 Å². The third-order valence-electron chi connectivity index (χ3n) is 2.86. The third kappa shape index (κ3) is 2.67. The van der Waals surface area contributed by atoms with E-state index in [9.17, 15) is 31.1 Å². The Hall–Kier alpha value is -2.19. The van der Waals surface area contributed by atoms with Crippen LogP contribution in [0.2, 0.25) is 0 Å². The number of benzene rings is 1. The molecule has 1 aromatic heterocycles. The lowest BCUT2D eigenvalue weighted by Crippen LogP contribution is -2.20. The highest BCUT2D eigenvalue weighted by atomic mass is 19.4. The predicted octanol–water partition coefficient (Wildman–Crippen LogP) is 3.51. The van der Waals surface area contributed by atoms with Crippen molar-refractivity contribution in [3.63, 3.8) is 0 Å². The Labute approximate surface area is 113 Å². The molecule has 1 heterocycles. The number of aromatic amines is 1. The summed E-state index contributed by atoms with van der Waals surface area (Å²) in [5.41, 5.74) is -5.14. The van der Waals surface area contributed by atoms with Crippen molar-refractivity contribution in [2.75, 3.05) is 0 Å². The van der Waals surface area contributed by atoms with Gasteiger partial charge in [0.25, 0.3) is 5.56 Å². The van der Waals surface area contributed by atoms with Crippen LogP contribution in [0.4, 0.5) is 26.3 Å². The normalized spacial score (nSPS) is 12.7. The maximum atomic E-state index is 12.9. The number of halogens is 6. The average molecular weight is 310 g/mol. The van der Waals surface area contributed by atoms with Crippen LogP contribution in [-0.2, 0) is 12.4 Å². The van der Waals surface area contributed by atoms with Crippen molar-refractivity contribution in [2.45, 2.75) is 19.3 Å². The fraction of sp³-hybridized carbons (Fsp3) is 0.250. The molecule has 1 N–H and O–H groups in total. The standard InChI is InChI=1S/C12H8F6N2O/c1-6-9(12(16,17)18)19-20(10(6)21)8-5-3-2-4-7(8)11(13,14)15/h2-5,19H,1H3. The molecule has 0 amide bonds. The number of nitrogens with one attached hydrogen (secondary N) is 1. The molecule has 0 unspecified atom stereocenters. The molecule has 0 fully saturated rings. The van der Waals surface area contributed by atoms with Crippen molar-refractivity contribution in [1.29, 1.82) is 0 Å². The summed E-state index contributed by atoms with van der Waals surface area (Å²) in [6, 6.07) is 3.88. The van der Waals surface area contributed by atoms with Gasteiger partial charge in [0.15, 0.2) is 0 Å². The van der Waals surface area contributed by atoms with E-state index in [1.165, 1.54) is 6.07 Å². The Bertz CT molecular complexity index is 723. The number of rotatable bonds is 1. The first-order valence-electron chi connectivity index (χ1n) is 5.59. The number of nitrogens with zero attached hydrogens (tertiary/aromatic N) is 1. The number of para-hydroxylation sites is 1. The molecule has 0 aliphatic carbocycles. The van der Waals surface area contributed by atoms with Crippen LogP contribution >= 0.6 is 0 Å². The highest BCUT2D eigenvalue weighted by Gasteiger charge is 2.38. The van der Waals surface area contributed by atoms with Gasteiger partial charge >= 0.3 is 12.4 Å². The zero-order valence-corrected chi connectivity index (χ0v) is 10.4. The molecule has 0 radical (unpaired) electrons. The summed E-state index contributed by atoms with van der Waals surface area (Å²) < 4.78 is 76.9. The van der Waals surface area contributed by atoms with E-state index in [-0.39, 0.29) is 4.68 Å². The predicted molar refractivity (Wildman–Crippen MR) is 61.1 cm³/mol. The molecular weight excluding hydrogens is 302 g/mol. The molecule has 9 heteroatoms. The first-order chi connectivity index (χ1) is 9.53. The van der Waals surface area contributed by atoms with Gasteiger partial charge in [-0.3, -0.25) is 9.89 Å². The third-order valence-corrected chi connectivity index (χ3v) is 2.86. The van der Waals surface area contributed by atoms with E-state index in [0.717, 1.165) is 19.1 Å². The van der Waals surface area contributed by atoms with Crippen LogP contribution in [0.1, 0.15) is 16.8 Å². The first kappa shape index (κ1) is 15.2. The van der Waals surface area contributed by atoms with Crippen molar-refractivity contribution < 1.29 is 26.3 Å². The molecule has 3 nitrogen and oxygen atoms in total. The van der Waals surface area contributed by atoms with Crippen molar-refractivity contribution in [3.8, 4) is 5.69 Å². The smallest absolute Gasteiger partial charge is 0.286 e. The molecule has 0 aliphatic heterocycles. The van der Waals surface area contributed by atoms with Gasteiger partial charge < -0.3 is 0 Å². The summed E-state index contributed by atoms with van der Waals surface area (Å²) in [7, 11) is 0. The Morgan fingerprint density at radius 1 is 1.00 bits per heavy atom. The van der Waals surface area contributed by atoms with Gasteiger partial charge in [-0.2, -0.15) is 26.3 Å². The van der Waals surface area contributed by atoms with E-state index >= 15 is 0 Å². The van der Waals surface area contributed by atoms with Crippen molar-refractivity contribution in [2.24, 2.45) is 0 Å². The topological polar surface area (TPSA) is 37.8 Å². The van der Waals surface area contributed by atoms with Crippen LogP contribution in [0, 0.1) is 6.92 Å². The molecule has 1 aromatic carbocycles. The first-order valence-corrected chi connectivity index (χ1v) is 5.59. The molecule has 2 aromatic rings. The second-order valence-corrected chi connectivity index (χ2v) is 4.27. The van der Waals surface area contributed by atoms with Crippen molar-refractivity contribution in [1.82, 2.24) is 9.78 Å². The minimum atomic E-state index is -4.86. The summed E-state index contributed by atoms with van der Waals surface area (Å²) >= 11 is 0. The molecule has 0 atom stereocenters. The van der Waals surface area contributed by atoms with Crippen LogP contribution in [0.5, 0.6) is 0 Å². The fourth-order valence-corrected chi connectivity index (χ4v) is 1.88. The minimum absolute atomic E-state index is 0.251. The highest BCUT2D eigenvalue weighted by molar-refractivity contribution is 5.43. The highest BCUT2D eigenvalue weighted by Crippen LogP contribution is 2.34.